The number of phosphoric ester groups is 1. The van der Waals surface area contributed by atoms with Crippen LogP contribution in [0, 0.1) is 0 Å². The van der Waals surface area contributed by atoms with E-state index in [2.05, 4.69) is 48.7 Å². The summed E-state index contributed by atoms with van der Waals surface area (Å²) in [5, 5.41) is 12.5. The Morgan fingerprint density at radius 1 is 0.705 bits per heavy atom. The van der Waals surface area contributed by atoms with Crippen LogP contribution in [0.5, 0.6) is 0 Å². The summed E-state index contributed by atoms with van der Waals surface area (Å²) in [6.45, 7) is 3.24. The first-order valence-corrected chi connectivity index (χ1v) is 18.5. The van der Waals surface area contributed by atoms with Crippen LogP contribution in [-0.2, 0) is 27.9 Å². The lowest BCUT2D eigenvalue weighted by Crippen LogP contribution is -2.27. The third-order valence-electron chi connectivity index (χ3n) is 6.82. The lowest BCUT2D eigenvalue weighted by atomic mass is 10.1. The summed E-state index contributed by atoms with van der Waals surface area (Å²) < 4.78 is 26.4. The van der Waals surface area contributed by atoms with Gasteiger partial charge >= 0.3 is 13.8 Å². The molecule has 0 fully saturated rings. The molecule has 9 nitrogen and oxygen atoms in total. The molecule has 3 N–H and O–H groups in total. The SMILES string of the molecule is CCCCC/C=C\C/C=C\C/C=C\CCCCCCCCCCC(=O)OCC(O)COP(=O)(O)OCCNC(=O)CCCC. The van der Waals surface area contributed by atoms with Crippen molar-refractivity contribution in [1.29, 1.82) is 0 Å². The number of aliphatic hydroxyl groups is 1. The zero-order valence-electron chi connectivity index (χ0n) is 27.6. The number of amides is 1. The fraction of sp³-hybridized carbons (Fsp3) is 0.765. The minimum atomic E-state index is -4.39. The second-order valence-electron chi connectivity index (χ2n) is 11.1. The van der Waals surface area contributed by atoms with Gasteiger partial charge in [-0.05, 0) is 51.4 Å². The monoisotopic (exact) mass is 643 g/mol. The van der Waals surface area contributed by atoms with E-state index in [9.17, 15) is 24.2 Å². The first kappa shape index (κ1) is 42.2. The summed E-state index contributed by atoms with van der Waals surface area (Å²) in [4.78, 5) is 33.0. The Labute approximate surface area is 267 Å². The van der Waals surface area contributed by atoms with E-state index in [4.69, 9.17) is 13.8 Å². The van der Waals surface area contributed by atoms with Gasteiger partial charge in [-0.1, -0.05) is 108 Å². The lowest BCUT2D eigenvalue weighted by Gasteiger charge is -2.15. The molecule has 0 rings (SSSR count). The van der Waals surface area contributed by atoms with E-state index < -0.39 is 26.5 Å². The molecule has 256 valence electrons. The molecule has 1 amide bonds. The van der Waals surface area contributed by atoms with Crippen LogP contribution in [0.1, 0.15) is 136 Å². The summed E-state index contributed by atoms with van der Waals surface area (Å²) >= 11 is 0. The van der Waals surface area contributed by atoms with Crippen LogP contribution in [0.4, 0.5) is 0 Å². The second kappa shape index (κ2) is 31.2. The van der Waals surface area contributed by atoms with E-state index in [1.54, 1.807) is 0 Å². The fourth-order valence-electron chi connectivity index (χ4n) is 4.19. The van der Waals surface area contributed by atoms with Crippen molar-refractivity contribution in [3.05, 3.63) is 36.5 Å². The Bertz CT molecular complexity index is 830. The minimum absolute atomic E-state index is 0.0744. The van der Waals surface area contributed by atoms with Crippen LogP contribution < -0.4 is 5.32 Å². The highest BCUT2D eigenvalue weighted by Crippen LogP contribution is 2.42. The van der Waals surface area contributed by atoms with Gasteiger partial charge < -0.3 is 20.1 Å². The number of ether oxygens (including phenoxy) is 1. The van der Waals surface area contributed by atoms with Gasteiger partial charge in [0.1, 0.15) is 12.7 Å². The number of carbonyl (C=O) groups excluding carboxylic acids is 2. The third-order valence-corrected chi connectivity index (χ3v) is 7.81. The number of rotatable bonds is 31. The van der Waals surface area contributed by atoms with Gasteiger partial charge in [0.2, 0.25) is 5.91 Å². The fourth-order valence-corrected chi connectivity index (χ4v) is 4.94. The molecule has 0 bridgehead atoms. The van der Waals surface area contributed by atoms with Crippen LogP contribution in [0.3, 0.4) is 0 Å². The molecule has 0 aliphatic heterocycles. The molecule has 2 unspecified atom stereocenters. The Balaban J connectivity index is 3.58. The average molecular weight is 644 g/mol. The maximum atomic E-state index is 11.9. The van der Waals surface area contributed by atoms with E-state index in [0.29, 0.717) is 6.42 Å². The maximum Gasteiger partial charge on any atom is 0.472 e. The number of hydrogen-bond acceptors (Lipinski definition) is 7. The molecule has 0 spiro atoms. The highest BCUT2D eigenvalue weighted by atomic mass is 31.2. The van der Waals surface area contributed by atoms with Crippen LogP contribution in [0.15, 0.2) is 36.5 Å². The summed E-state index contributed by atoms with van der Waals surface area (Å²) in [5.41, 5.74) is 0. The van der Waals surface area contributed by atoms with Crippen molar-refractivity contribution in [3.8, 4) is 0 Å². The third kappa shape index (κ3) is 31.6. The van der Waals surface area contributed by atoms with E-state index in [-0.39, 0.29) is 32.1 Å². The van der Waals surface area contributed by atoms with Crippen LogP contribution in [0.2, 0.25) is 0 Å². The highest BCUT2D eigenvalue weighted by Gasteiger charge is 2.23. The maximum absolute atomic E-state index is 11.9. The first-order chi connectivity index (χ1) is 21.3. The van der Waals surface area contributed by atoms with E-state index in [1.807, 2.05) is 6.92 Å². The number of nitrogens with one attached hydrogen (secondary N) is 1. The van der Waals surface area contributed by atoms with Crippen molar-refractivity contribution >= 4 is 19.7 Å². The number of phosphoric acid groups is 1. The van der Waals surface area contributed by atoms with Crippen LogP contribution >= 0.6 is 7.82 Å². The van der Waals surface area contributed by atoms with E-state index in [1.165, 1.54) is 51.4 Å². The van der Waals surface area contributed by atoms with Crippen LogP contribution in [0.25, 0.3) is 0 Å². The van der Waals surface area contributed by atoms with Gasteiger partial charge in [0.05, 0.1) is 13.2 Å². The molecule has 0 radical (unpaired) electrons. The molecule has 0 aromatic rings. The minimum Gasteiger partial charge on any atom is -0.463 e. The molecule has 44 heavy (non-hydrogen) atoms. The molecular formula is C34H62NO8P. The van der Waals surface area contributed by atoms with Gasteiger partial charge in [-0.15, -0.1) is 0 Å². The van der Waals surface area contributed by atoms with Crippen molar-refractivity contribution in [2.24, 2.45) is 0 Å². The molecule has 0 heterocycles. The van der Waals surface area contributed by atoms with Gasteiger partial charge in [0.25, 0.3) is 0 Å². The molecule has 0 aromatic carbocycles. The number of hydrogen-bond donors (Lipinski definition) is 3. The Hall–Kier alpha value is -1.77. The predicted octanol–water partition coefficient (Wildman–Crippen LogP) is 8.26. The molecule has 0 aliphatic carbocycles. The first-order valence-electron chi connectivity index (χ1n) is 17.0. The van der Waals surface area contributed by atoms with Crippen molar-refractivity contribution < 1.29 is 37.9 Å². The van der Waals surface area contributed by atoms with Gasteiger partial charge in [-0.3, -0.25) is 18.6 Å². The number of aliphatic hydroxyl groups excluding tert-OH is 1. The molecular weight excluding hydrogens is 581 g/mol. The number of carbonyl (C=O) groups is 2. The zero-order chi connectivity index (χ0) is 32.6. The molecule has 2 atom stereocenters. The Kier molecular flexibility index (Phi) is 30.0. The standard InChI is InChI=1S/C34H62NO8P/c1-3-5-7-8-9-10-11-12-13-14-15-16-17-18-19-20-21-22-23-24-25-27-34(38)41-30-32(36)31-43-44(39,40)42-29-28-35-33(37)26-6-4-2/h9-10,12-13,15-16,32,36H,3-8,11,14,17-31H2,1-2H3,(H,35,37)(H,39,40)/b10-9-,13-12-,16-15-. The molecule has 10 heteroatoms. The highest BCUT2D eigenvalue weighted by molar-refractivity contribution is 7.47. The predicted molar refractivity (Wildman–Crippen MR) is 178 cm³/mol. The van der Waals surface area contributed by atoms with Crippen molar-refractivity contribution in [3.63, 3.8) is 0 Å². The van der Waals surface area contributed by atoms with Gasteiger partial charge in [-0.25, -0.2) is 4.57 Å². The Morgan fingerprint density at radius 3 is 1.86 bits per heavy atom. The average Bonchev–Trinajstić information content (AvgIpc) is 3.00. The summed E-state index contributed by atoms with van der Waals surface area (Å²) in [6.07, 6.45) is 31.8. The van der Waals surface area contributed by atoms with Gasteiger partial charge in [0, 0.05) is 19.4 Å². The zero-order valence-corrected chi connectivity index (χ0v) is 28.5. The van der Waals surface area contributed by atoms with Crippen molar-refractivity contribution in [2.75, 3.05) is 26.4 Å². The molecule has 0 aliphatic rings. The van der Waals surface area contributed by atoms with Gasteiger partial charge in [0.15, 0.2) is 0 Å². The largest absolute Gasteiger partial charge is 0.472 e. The summed E-state index contributed by atoms with van der Waals surface area (Å²) in [7, 11) is -4.39. The number of allylic oxidation sites excluding steroid dienone is 6. The smallest absolute Gasteiger partial charge is 0.463 e. The number of unbranched alkanes of at least 4 members (excludes halogenated alkanes) is 12. The Morgan fingerprint density at radius 2 is 1.25 bits per heavy atom. The second-order valence-corrected chi connectivity index (χ2v) is 12.6. The summed E-state index contributed by atoms with van der Waals surface area (Å²) in [6, 6.07) is 0. The van der Waals surface area contributed by atoms with E-state index in [0.717, 1.165) is 57.8 Å². The topological polar surface area (TPSA) is 131 Å². The number of esters is 1. The van der Waals surface area contributed by atoms with Gasteiger partial charge in [-0.2, -0.15) is 0 Å². The quantitative estimate of drug-likeness (QED) is 0.0298. The normalized spacial score (nSPS) is 14.0. The molecule has 0 aromatic heterocycles. The van der Waals surface area contributed by atoms with E-state index >= 15 is 0 Å². The van der Waals surface area contributed by atoms with Crippen LogP contribution in [-0.4, -0.2) is 54.3 Å². The lowest BCUT2D eigenvalue weighted by molar-refractivity contribution is -0.147. The van der Waals surface area contributed by atoms with Crippen molar-refractivity contribution in [1.82, 2.24) is 5.32 Å². The molecule has 0 saturated heterocycles. The summed E-state index contributed by atoms with van der Waals surface area (Å²) in [5.74, 6) is -0.563. The molecule has 0 saturated carbocycles. The van der Waals surface area contributed by atoms with Crippen molar-refractivity contribution in [2.45, 2.75) is 142 Å².